The molecular weight excluding hydrogens is 357 g/mol. The number of furan rings is 1. The third-order valence-corrected chi connectivity index (χ3v) is 3.33. The molecule has 0 aliphatic rings. The number of hydrogen-bond donors (Lipinski definition) is 1. The summed E-state index contributed by atoms with van der Waals surface area (Å²) in [6.07, 6.45) is 1.49. The highest BCUT2D eigenvalue weighted by Gasteiger charge is 2.17. The molecule has 1 atom stereocenters. The van der Waals surface area contributed by atoms with Gasteiger partial charge in [-0.3, -0.25) is 4.79 Å². The fraction of sp³-hybridized carbons (Fsp3) is 0.200. The normalized spacial score (nSPS) is 11.8. The second-order valence-electron chi connectivity index (χ2n) is 4.50. The quantitative estimate of drug-likeness (QED) is 0.821. The van der Waals surface area contributed by atoms with Crippen LogP contribution >= 0.6 is 15.9 Å². The highest BCUT2D eigenvalue weighted by molar-refractivity contribution is 9.10. The number of amides is 1. The summed E-state index contributed by atoms with van der Waals surface area (Å²) in [6.45, 7) is 1.23. The number of ether oxygens (including phenoxy) is 1. The number of carbonyl (C=O) groups excluding carboxylic acids is 2. The molecule has 0 unspecified atom stereocenters. The van der Waals surface area contributed by atoms with Crippen molar-refractivity contribution in [3.63, 3.8) is 0 Å². The van der Waals surface area contributed by atoms with E-state index in [1.54, 1.807) is 19.1 Å². The number of rotatable bonds is 5. The fourth-order valence-corrected chi connectivity index (χ4v) is 2.09. The zero-order chi connectivity index (χ0) is 16.1. The summed E-state index contributed by atoms with van der Waals surface area (Å²) >= 11 is 3.09. The first-order valence-electron chi connectivity index (χ1n) is 6.42. The smallest absolute Gasteiger partial charge is 0.341 e. The minimum atomic E-state index is -0.897. The summed E-state index contributed by atoms with van der Waals surface area (Å²) in [6, 6.07) is 7.01. The average Bonchev–Trinajstić information content (AvgIpc) is 2.99. The van der Waals surface area contributed by atoms with E-state index in [1.165, 1.54) is 18.4 Å². The molecule has 7 heteroatoms. The van der Waals surface area contributed by atoms with Gasteiger partial charge in [0.25, 0.3) is 5.91 Å². The van der Waals surface area contributed by atoms with Gasteiger partial charge in [0.2, 0.25) is 0 Å². The molecule has 0 saturated heterocycles. The van der Waals surface area contributed by atoms with Gasteiger partial charge in [-0.05, 0) is 37.3 Å². The summed E-state index contributed by atoms with van der Waals surface area (Å²) in [5.41, 5.74) is -0.227. The summed E-state index contributed by atoms with van der Waals surface area (Å²) in [5.74, 6) is -1.54. The fourth-order valence-electron chi connectivity index (χ4n) is 1.76. The van der Waals surface area contributed by atoms with E-state index in [0.29, 0.717) is 10.2 Å². The summed E-state index contributed by atoms with van der Waals surface area (Å²) in [4.78, 5) is 23.4. The Morgan fingerprint density at radius 2 is 2.18 bits per heavy atom. The Kier molecular flexibility index (Phi) is 5.32. The van der Waals surface area contributed by atoms with E-state index < -0.39 is 24.3 Å². The van der Waals surface area contributed by atoms with Crippen LogP contribution in [-0.4, -0.2) is 18.5 Å². The van der Waals surface area contributed by atoms with E-state index in [9.17, 15) is 14.0 Å². The maximum Gasteiger partial charge on any atom is 0.341 e. The third kappa shape index (κ3) is 4.17. The predicted molar refractivity (Wildman–Crippen MR) is 79.6 cm³/mol. The monoisotopic (exact) mass is 369 g/mol. The van der Waals surface area contributed by atoms with Gasteiger partial charge in [0.05, 0.1) is 17.9 Å². The van der Waals surface area contributed by atoms with Gasteiger partial charge in [0, 0.05) is 4.47 Å². The number of benzene rings is 1. The Bertz CT molecular complexity index is 672. The largest absolute Gasteiger partial charge is 0.467 e. The van der Waals surface area contributed by atoms with Crippen molar-refractivity contribution in [3.8, 4) is 0 Å². The van der Waals surface area contributed by atoms with Crippen molar-refractivity contribution < 1.29 is 23.1 Å². The van der Waals surface area contributed by atoms with E-state index in [0.717, 1.165) is 6.07 Å². The molecule has 0 spiro atoms. The molecule has 0 bridgehead atoms. The molecule has 1 amide bonds. The standard InChI is InChI=1S/C15H13BrFNO4/c1-9(13-3-2-6-21-13)18-14(19)8-22-15(20)11-5-4-10(16)7-12(11)17/h2-7,9H,8H2,1H3,(H,18,19)/t9-/m0/s1. The Balaban J connectivity index is 1.86. The van der Waals surface area contributed by atoms with Gasteiger partial charge in [-0.15, -0.1) is 0 Å². The zero-order valence-corrected chi connectivity index (χ0v) is 13.2. The molecule has 1 N–H and O–H groups in total. The molecule has 2 rings (SSSR count). The Hall–Kier alpha value is -2.15. The van der Waals surface area contributed by atoms with Crippen LogP contribution in [0.25, 0.3) is 0 Å². The van der Waals surface area contributed by atoms with Crippen LogP contribution in [0.1, 0.15) is 29.1 Å². The predicted octanol–water partition coefficient (Wildman–Crippen LogP) is 3.22. The highest BCUT2D eigenvalue weighted by Crippen LogP contribution is 2.16. The maximum atomic E-state index is 13.6. The van der Waals surface area contributed by atoms with Crippen LogP contribution in [0.2, 0.25) is 0 Å². The lowest BCUT2D eigenvalue weighted by molar-refractivity contribution is -0.125. The van der Waals surface area contributed by atoms with Gasteiger partial charge in [-0.2, -0.15) is 0 Å². The summed E-state index contributed by atoms with van der Waals surface area (Å²) in [7, 11) is 0. The SMILES string of the molecule is C[C@H](NC(=O)COC(=O)c1ccc(Br)cc1F)c1ccco1. The van der Waals surface area contributed by atoms with Crippen LogP contribution in [0.5, 0.6) is 0 Å². The molecule has 1 aromatic heterocycles. The van der Waals surface area contributed by atoms with E-state index in [4.69, 9.17) is 9.15 Å². The second-order valence-corrected chi connectivity index (χ2v) is 5.42. The van der Waals surface area contributed by atoms with Crippen molar-refractivity contribution in [1.29, 1.82) is 0 Å². The van der Waals surface area contributed by atoms with E-state index in [-0.39, 0.29) is 11.6 Å². The van der Waals surface area contributed by atoms with E-state index >= 15 is 0 Å². The summed E-state index contributed by atoms with van der Waals surface area (Å²) < 4.78 is 24.0. The third-order valence-electron chi connectivity index (χ3n) is 2.83. The Morgan fingerprint density at radius 3 is 2.82 bits per heavy atom. The van der Waals surface area contributed by atoms with Crippen molar-refractivity contribution in [2.24, 2.45) is 0 Å². The van der Waals surface area contributed by atoms with Crippen molar-refractivity contribution in [2.45, 2.75) is 13.0 Å². The Labute approximate surface area is 134 Å². The van der Waals surface area contributed by atoms with E-state index in [1.807, 2.05) is 0 Å². The van der Waals surface area contributed by atoms with Crippen LogP contribution in [-0.2, 0) is 9.53 Å². The van der Waals surface area contributed by atoms with Gasteiger partial charge < -0.3 is 14.5 Å². The van der Waals surface area contributed by atoms with Crippen LogP contribution < -0.4 is 5.32 Å². The lowest BCUT2D eigenvalue weighted by atomic mass is 10.2. The van der Waals surface area contributed by atoms with Crippen molar-refractivity contribution in [3.05, 3.63) is 58.2 Å². The lowest BCUT2D eigenvalue weighted by Crippen LogP contribution is -2.31. The minimum absolute atomic E-state index is 0.227. The molecule has 0 aliphatic heterocycles. The lowest BCUT2D eigenvalue weighted by Gasteiger charge is -2.11. The first-order valence-corrected chi connectivity index (χ1v) is 7.21. The molecular formula is C15H13BrFNO4. The van der Waals surface area contributed by atoms with Crippen LogP contribution in [0, 0.1) is 5.82 Å². The molecule has 0 aliphatic carbocycles. The van der Waals surface area contributed by atoms with Gasteiger partial charge >= 0.3 is 5.97 Å². The molecule has 2 aromatic rings. The van der Waals surface area contributed by atoms with Gasteiger partial charge in [-0.25, -0.2) is 9.18 Å². The number of esters is 1. The van der Waals surface area contributed by atoms with Crippen LogP contribution in [0.3, 0.4) is 0 Å². The van der Waals surface area contributed by atoms with Crippen LogP contribution in [0.15, 0.2) is 45.5 Å². The number of nitrogens with one attached hydrogen (secondary N) is 1. The molecule has 22 heavy (non-hydrogen) atoms. The molecule has 1 heterocycles. The molecule has 0 saturated carbocycles. The van der Waals surface area contributed by atoms with Gasteiger partial charge in [0.15, 0.2) is 6.61 Å². The topological polar surface area (TPSA) is 68.5 Å². The highest BCUT2D eigenvalue weighted by atomic mass is 79.9. The number of hydrogen-bond acceptors (Lipinski definition) is 4. The zero-order valence-electron chi connectivity index (χ0n) is 11.6. The average molecular weight is 370 g/mol. The maximum absolute atomic E-state index is 13.6. The molecule has 0 fully saturated rings. The van der Waals surface area contributed by atoms with Crippen molar-refractivity contribution in [2.75, 3.05) is 6.61 Å². The number of carbonyl (C=O) groups is 2. The van der Waals surface area contributed by atoms with E-state index in [2.05, 4.69) is 21.2 Å². The summed E-state index contributed by atoms with van der Waals surface area (Å²) in [5, 5.41) is 2.60. The minimum Gasteiger partial charge on any atom is -0.467 e. The first-order chi connectivity index (χ1) is 10.5. The van der Waals surface area contributed by atoms with Crippen molar-refractivity contribution >= 4 is 27.8 Å². The van der Waals surface area contributed by atoms with Gasteiger partial charge in [0.1, 0.15) is 11.6 Å². The first kappa shape index (κ1) is 16.2. The Morgan fingerprint density at radius 1 is 1.41 bits per heavy atom. The van der Waals surface area contributed by atoms with Crippen LogP contribution in [0.4, 0.5) is 4.39 Å². The molecule has 116 valence electrons. The van der Waals surface area contributed by atoms with Gasteiger partial charge in [-0.1, -0.05) is 15.9 Å². The molecule has 0 radical (unpaired) electrons. The second kappa shape index (κ2) is 7.22. The number of halogens is 2. The molecule has 5 nitrogen and oxygen atoms in total. The van der Waals surface area contributed by atoms with Crippen molar-refractivity contribution in [1.82, 2.24) is 5.32 Å². The molecule has 1 aromatic carbocycles.